The number of ether oxygens (including phenoxy) is 1. The number of aromatic hydroxyl groups is 1. The van der Waals surface area contributed by atoms with Crippen molar-refractivity contribution in [1.29, 1.82) is 0 Å². The van der Waals surface area contributed by atoms with Crippen molar-refractivity contribution < 1.29 is 9.84 Å². The maximum Gasteiger partial charge on any atom is 0.127 e. The van der Waals surface area contributed by atoms with Crippen molar-refractivity contribution in [3.05, 3.63) is 23.8 Å². The number of likely N-dealkylation sites (tertiary alicyclic amines) is 1. The SMILES string of the molecule is CC1CCN(C2COc3cc(O)ccc32)C(CN)C1. The molecule has 1 fully saturated rings. The monoisotopic (exact) mass is 262 g/mol. The zero-order chi connectivity index (χ0) is 13.4. The number of phenolic OH excluding ortho intramolecular Hbond substituents is 1. The summed E-state index contributed by atoms with van der Waals surface area (Å²) in [5, 5.41) is 9.51. The summed E-state index contributed by atoms with van der Waals surface area (Å²) in [6.07, 6.45) is 2.39. The third-order valence-electron chi connectivity index (χ3n) is 4.45. The molecule has 0 aliphatic carbocycles. The molecule has 3 atom stereocenters. The van der Waals surface area contributed by atoms with Gasteiger partial charge in [-0.1, -0.05) is 6.92 Å². The second-order valence-electron chi connectivity index (χ2n) is 5.81. The van der Waals surface area contributed by atoms with Crippen molar-refractivity contribution in [2.45, 2.75) is 31.8 Å². The standard InChI is InChI=1S/C15H22N2O2/c1-10-4-5-17(11(6-10)8-16)14-9-19-15-7-12(18)2-3-13(14)15/h2-3,7,10-11,14,18H,4-6,8-9,16H2,1H3. The molecule has 0 saturated carbocycles. The zero-order valence-electron chi connectivity index (χ0n) is 11.4. The average Bonchev–Trinajstić information content (AvgIpc) is 2.81. The molecule has 0 spiro atoms. The van der Waals surface area contributed by atoms with Gasteiger partial charge in [0.25, 0.3) is 0 Å². The fourth-order valence-corrected chi connectivity index (χ4v) is 3.37. The summed E-state index contributed by atoms with van der Waals surface area (Å²) in [5.41, 5.74) is 7.13. The van der Waals surface area contributed by atoms with Crippen molar-refractivity contribution in [2.75, 3.05) is 19.7 Å². The summed E-state index contributed by atoms with van der Waals surface area (Å²) < 4.78 is 5.72. The minimum atomic E-state index is 0.266. The number of fused-ring (bicyclic) bond motifs is 1. The third-order valence-corrected chi connectivity index (χ3v) is 4.45. The lowest BCUT2D eigenvalue weighted by Crippen LogP contribution is -2.48. The Balaban J connectivity index is 1.84. The molecule has 3 rings (SSSR count). The van der Waals surface area contributed by atoms with Crippen molar-refractivity contribution >= 4 is 0 Å². The third kappa shape index (κ3) is 2.30. The molecule has 4 heteroatoms. The van der Waals surface area contributed by atoms with Gasteiger partial charge in [0.05, 0.1) is 6.04 Å². The van der Waals surface area contributed by atoms with Crippen LogP contribution in [0.1, 0.15) is 31.4 Å². The number of hydrogen-bond acceptors (Lipinski definition) is 4. The van der Waals surface area contributed by atoms with Crippen LogP contribution in [0.2, 0.25) is 0 Å². The molecule has 0 aromatic heterocycles. The van der Waals surface area contributed by atoms with Crippen LogP contribution in [-0.4, -0.2) is 35.7 Å². The van der Waals surface area contributed by atoms with E-state index < -0.39 is 0 Å². The van der Waals surface area contributed by atoms with Gasteiger partial charge in [-0.3, -0.25) is 4.90 Å². The van der Waals surface area contributed by atoms with Crippen molar-refractivity contribution in [3.8, 4) is 11.5 Å². The van der Waals surface area contributed by atoms with Crippen LogP contribution in [0, 0.1) is 5.92 Å². The van der Waals surface area contributed by atoms with Gasteiger partial charge in [0, 0.05) is 24.2 Å². The maximum absolute atomic E-state index is 9.51. The molecule has 0 amide bonds. The fraction of sp³-hybridized carbons (Fsp3) is 0.600. The quantitative estimate of drug-likeness (QED) is 0.854. The van der Waals surface area contributed by atoms with Gasteiger partial charge in [-0.05, 0) is 37.4 Å². The molecule has 1 aromatic carbocycles. The molecule has 2 aliphatic heterocycles. The van der Waals surface area contributed by atoms with Gasteiger partial charge in [-0.25, -0.2) is 0 Å². The number of piperidine rings is 1. The van der Waals surface area contributed by atoms with Crippen molar-refractivity contribution in [1.82, 2.24) is 4.90 Å². The minimum absolute atomic E-state index is 0.266. The Morgan fingerprint density at radius 1 is 1.47 bits per heavy atom. The lowest BCUT2D eigenvalue weighted by atomic mass is 9.90. The predicted octanol–water partition coefficient (Wildman–Crippen LogP) is 1.88. The summed E-state index contributed by atoms with van der Waals surface area (Å²) in [7, 11) is 0. The molecule has 2 aliphatic rings. The van der Waals surface area contributed by atoms with E-state index in [2.05, 4.69) is 11.8 Å². The molecular weight excluding hydrogens is 240 g/mol. The van der Waals surface area contributed by atoms with E-state index in [1.165, 1.54) is 18.4 Å². The molecule has 0 bridgehead atoms. The highest BCUT2D eigenvalue weighted by molar-refractivity contribution is 5.44. The Morgan fingerprint density at radius 3 is 3.11 bits per heavy atom. The van der Waals surface area contributed by atoms with Crippen molar-refractivity contribution in [2.24, 2.45) is 11.7 Å². The Bertz CT molecular complexity index is 463. The smallest absolute Gasteiger partial charge is 0.127 e. The highest BCUT2D eigenvalue weighted by Gasteiger charge is 2.36. The second kappa shape index (κ2) is 5.02. The number of hydrogen-bond donors (Lipinski definition) is 2. The van der Waals surface area contributed by atoms with Crippen LogP contribution in [0.4, 0.5) is 0 Å². The van der Waals surface area contributed by atoms with E-state index in [0.29, 0.717) is 19.2 Å². The summed E-state index contributed by atoms with van der Waals surface area (Å²) in [6, 6.07) is 6.16. The molecule has 3 unspecified atom stereocenters. The molecule has 3 N–H and O–H groups in total. The number of nitrogens with two attached hydrogens (primary N) is 1. The van der Waals surface area contributed by atoms with Gasteiger partial charge in [0.15, 0.2) is 0 Å². The van der Waals surface area contributed by atoms with Crippen LogP contribution in [-0.2, 0) is 0 Å². The normalized spacial score (nSPS) is 30.9. The number of rotatable bonds is 2. The Morgan fingerprint density at radius 2 is 2.32 bits per heavy atom. The van der Waals surface area contributed by atoms with Crippen LogP contribution in [0.25, 0.3) is 0 Å². The predicted molar refractivity (Wildman–Crippen MR) is 74.3 cm³/mol. The molecule has 104 valence electrons. The Labute approximate surface area is 114 Å². The lowest BCUT2D eigenvalue weighted by Gasteiger charge is -2.41. The zero-order valence-corrected chi connectivity index (χ0v) is 11.4. The summed E-state index contributed by atoms with van der Waals surface area (Å²) in [6.45, 7) is 4.76. The number of phenols is 1. The van der Waals surface area contributed by atoms with E-state index in [4.69, 9.17) is 10.5 Å². The Hall–Kier alpha value is -1.26. The lowest BCUT2D eigenvalue weighted by molar-refractivity contribution is 0.0642. The van der Waals surface area contributed by atoms with Crippen LogP contribution in [0.15, 0.2) is 18.2 Å². The van der Waals surface area contributed by atoms with Gasteiger partial charge < -0.3 is 15.6 Å². The first-order valence-electron chi connectivity index (χ1n) is 7.10. The van der Waals surface area contributed by atoms with E-state index in [0.717, 1.165) is 18.2 Å². The molecule has 2 heterocycles. The van der Waals surface area contributed by atoms with Gasteiger partial charge in [0.1, 0.15) is 18.1 Å². The van der Waals surface area contributed by atoms with E-state index in [1.54, 1.807) is 12.1 Å². The molecule has 19 heavy (non-hydrogen) atoms. The van der Waals surface area contributed by atoms with Crippen LogP contribution in [0.3, 0.4) is 0 Å². The Kier molecular flexibility index (Phi) is 3.37. The molecule has 0 radical (unpaired) electrons. The minimum Gasteiger partial charge on any atom is -0.508 e. The van der Waals surface area contributed by atoms with Crippen LogP contribution in [0.5, 0.6) is 11.5 Å². The first-order chi connectivity index (χ1) is 9.19. The highest BCUT2D eigenvalue weighted by atomic mass is 16.5. The molecule has 1 aromatic rings. The van der Waals surface area contributed by atoms with Crippen LogP contribution < -0.4 is 10.5 Å². The second-order valence-corrected chi connectivity index (χ2v) is 5.81. The largest absolute Gasteiger partial charge is 0.508 e. The number of benzene rings is 1. The van der Waals surface area contributed by atoms with Crippen molar-refractivity contribution in [3.63, 3.8) is 0 Å². The van der Waals surface area contributed by atoms with Gasteiger partial charge >= 0.3 is 0 Å². The summed E-state index contributed by atoms with van der Waals surface area (Å²) >= 11 is 0. The summed E-state index contributed by atoms with van der Waals surface area (Å²) in [4.78, 5) is 2.49. The van der Waals surface area contributed by atoms with E-state index in [9.17, 15) is 5.11 Å². The van der Waals surface area contributed by atoms with Crippen LogP contribution >= 0.6 is 0 Å². The molecular formula is C15H22N2O2. The first-order valence-corrected chi connectivity index (χ1v) is 7.10. The number of nitrogens with zero attached hydrogens (tertiary/aromatic N) is 1. The maximum atomic E-state index is 9.51. The fourth-order valence-electron chi connectivity index (χ4n) is 3.37. The molecule has 1 saturated heterocycles. The summed E-state index contributed by atoms with van der Waals surface area (Å²) in [5.74, 6) is 1.84. The molecule has 4 nitrogen and oxygen atoms in total. The van der Waals surface area contributed by atoms with E-state index in [-0.39, 0.29) is 11.8 Å². The topological polar surface area (TPSA) is 58.7 Å². The first kappa shape index (κ1) is 12.8. The van der Waals surface area contributed by atoms with E-state index in [1.807, 2.05) is 6.07 Å². The average molecular weight is 262 g/mol. The van der Waals surface area contributed by atoms with E-state index >= 15 is 0 Å². The van der Waals surface area contributed by atoms with Gasteiger partial charge in [0.2, 0.25) is 0 Å². The van der Waals surface area contributed by atoms with Gasteiger partial charge in [-0.15, -0.1) is 0 Å². The highest BCUT2D eigenvalue weighted by Crippen LogP contribution is 2.40. The van der Waals surface area contributed by atoms with Gasteiger partial charge in [-0.2, -0.15) is 0 Å².